The lowest BCUT2D eigenvalue weighted by atomic mass is 9.96. The lowest BCUT2D eigenvalue weighted by molar-refractivity contribution is -0.384. The Balaban J connectivity index is 1.89. The van der Waals surface area contributed by atoms with Crippen molar-refractivity contribution in [2.75, 3.05) is 5.32 Å². The van der Waals surface area contributed by atoms with Crippen molar-refractivity contribution in [3.05, 3.63) is 93.7 Å². The van der Waals surface area contributed by atoms with Crippen molar-refractivity contribution in [3.8, 4) is 5.88 Å². The highest BCUT2D eigenvalue weighted by Gasteiger charge is 2.29. The fourth-order valence-corrected chi connectivity index (χ4v) is 3.29. The van der Waals surface area contributed by atoms with Crippen LogP contribution >= 0.6 is 0 Å². The van der Waals surface area contributed by atoms with Gasteiger partial charge in [-0.1, -0.05) is 42.5 Å². The maximum absolute atomic E-state index is 11.3. The molecule has 1 aliphatic heterocycles. The topological polar surface area (TPSA) is 89.7 Å². The number of benzene rings is 2. The summed E-state index contributed by atoms with van der Waals surface area (Å²) in [4.78, 5) is 20.2. The molecule has 0 aliphatic carbocycles. The Morgan fingerprint density at radius 3 is 2.62 bits per heavy atom. The number of hydrogen-bond acceptors (Lipinski definition) is 6. The quantitative estimate of drug-likeness (QED) is 0.504. The molecule has 7 heteroatoms. The van der Waals surface area contributed by atoms with Gasteiger partial charge < -0.3 is 10.1 Å². The summed E-state index contributed by atoms with van der Waals surface area (Å²) in [5.74, 6) is 1.16. The van der Waals surface area contributed by atoms with Crippen LogP contribution in [-0.4, -0.2) is 21.8 Å². The second-order valence-corrected chi connectivity index (χ2v) is 6.97. The second kappa shape index (κ2) is 7.71. The zero-order valence-corrected chi connectivity index (χ0v) is 16.1. The molecule has 1 unspecified atom stereocenters. The number of aromatic nitrogens is 1. The number of fused-ring (bicyclic) bond motifs is 1. The highest BCUT2D eigenvalue weighted by atomic mass is 16.6. The zero-order chi connectivity index (χ0) is 20.4. The predicted octanol–water partition coefficient (Wildman–Crippen LogP) is 4.74. The van der Waals surface area contributed by atoms with Gasteiger partial charge in [0.05, 0.1) is 22.3 Å². The SMILES string of the molecule is CC(C)Oc1nccc2c1C(c1cccc([N+](=O)[O-])c1)N=C(c1ccccc1)N2. The average Bonchev–Trinajstić information content (AvgIpc) is 2.73. The number of nitro groups is 1. The number of amidine groups is 1. The summed E-state index contributed by atoms with van der Waals surface area (Å²) in [6.07, 6.45) is 1.61. The van der Waals surface area contributed by atoms with Crippen LogP contribution in [0.4, 0.5) is 11.4 Å². The number of nitrogens with one attached hydrogen (secondary N) is 1. The van der Waals surface area contributed by atoms with Gasteiger partial charge in [-0.2, -0.15) is 0 Å². The fraction of sp³-hybridized carbons (Fsp3) is 0.182. The molecule has 2 aromatic carbocycles. The lowest BCUT2D eigenvalue weighted by Crippen LogP contribution is -2.23. The van der Waals surface area contributed by atoms with Gasteiger partial charge in [0.15, 0.2) is 0 Å². The molecule has 0 saturated heterocycles. The first-order valence-corrected chi connectivity index (χ1v) is 9.33. The summed E-state index contributed by atoms with van der Waals surface area (Å²) in [6, 6.07) is 17.7. The minimum Gasteiger partial charge on any atom is -0.475 e. The molecular formula is C22H20N4O3. The first kappa shape index (κ1) is 18.6. The molecule has 1 aromatic heterocycles. The maximum atomic E-state index is 11.3. The minimum atomic E-state index is -0.483. The number of nitrogens with zero attached hydrogens (tertiary/aromatic N) is 3. The molecule has 0 bridgehead atoms. The van der Waals surface area contributed by atoms with Crippen LogP contribution in [-0.2, 0) is 0 Å². The molecule has 1 aliphatic rings. The van der Waals surface area contributed by atoms with E-state index in [1.54, 1.807) is 18.3 Å². The van der Waals surface area contributed by atoms with Gasteiger partial charge in [-0.05, 0) is 25.5 Å². The molecule has 2 heterocycles. The number of nitro benzene ring substituents is 1. The van der Waals surface area contributed by atoms with Gasteiger partial charge in [-0.25, -0.2) is 4.98 Å². The van der Waals surface area contributed by atoms with Gasteiger partial charge in [-0.15, -0.1) is 0 Å². The summed E-state index contributed by atoms with van der Waals surface area (Å²) in [6.45, 7) is 3.86. The van der Waals surface area contributed by atoms with Gasteiger partial charge in [0.25, 0.3) is 5.69 Å². The molecule has 3 aromatic rings. The third-order valence-corrected chi connectivity index (χ3v) is 4.53. The molecular weight excluding hydrogens is 368 g/mol. The van der Waals surface area contributed by atoms with Crippen molar-refractivity contribution >= 4 is 17.2 Å². The molecule has 146 valence electrons. The first-order chi connectivity index (χ1) is 14.0. The predicted molar refractivity (Wildman–Crippen MR) is 112 cm³/mol. The summed E-state index contributed by atoms with van der Waals surface area (Å²) < 4.78 is 5.93. The van der Waals surface area contributed by atoms with Crippen molar-refractivity contribution in [3.63, 3.8) is 0 Å². The Kier molecular flexibility index (Phi) is 4.95. The Morgan fingerprint density at radius 2 is 1.90 bits per heavy atom. The molecule has 29 heavy (non-hydrogen) atoms. The van der Waals surface area contributed by atoms with Crippen LogP contribution in [0.1, 0.15) is 36.6 Å². The van der Waals surface area contributed by atoms with E-state index in [1.165, 1.54) is 6.07 Å². The smallest absolute Gasteiger partial charge is 0.269 e. The molecule has 1 atom stereocenters. The van der Waals surface area contributed by atoms with Crippen LogP contribution < -0.4 is 10.1 Å². The van der Waals surface area contributed by atoms with Crippen LogP contribution in [0.5, 0.6) is 5.88 Å². The van der Waals surface area contributed by atoms with Gasteiger partial charge >= 0.3 is 0 Å². The van der Waals surface area contributed by atoms with Crippen molar-refractivity contribution in [2.24, 2.45) is 4.99 Å². The maximum Gasteiger partial charge on any atom is 0.269 e. The monoisotopic (exact) mass is 388 g/mol. The van der Waals surface area contributed by atoms with E-state index in [9.17, 15) is 10.1 Å². The van der Waals surface area contributed by atoms with Crippen molar-refractivity contribution in [1.29, 1.82) is 0 Å². The zero-order valence-electron chi connectivity index (χ0n) is 16.1. The van der Waals surface area contributed by atoms with Crippen LogP contribution in [0, 0.1) is 10.1 Å². The summed E-state index contributed by atoms with van der Waals surface area (Å²) >= 11 is 0. The van der Waals surface area contributed by atoms with E-state index in [-0.39, 0.29) is 11.8 Å². The molecule has 0 radical (unpaired) electrons. The number of pyridine rings is 1. The van der Waals surface area contributed by atoms with Crippen LogP contribution in [0.15, 0.2) is 71.9 Å². The molecule has 1 N–H and O–H groups in total. The average molecular weight is 388 g/mol. The molecule has 4 rings (SSSR count). The molecule has 7 nitrogen and oxygen atoms in total. The van der Waals surface area contributed by atoms with E-state index in [2.05, 4.69) is 10.3 Å². The number of anilines is 1. The van der Waals surface area contributed by atoms with E-state index in [0.29, 0.717) is 17.3 Å². The first-order valence-electron chi connectivity index (χ1n) is 9.33. The summed E-state index contributed by atoms with van der Waals surface area (Å²) in [7, 11) is 0. The Morgan fingerprint density at radius 1 is 1.10 bits per heavy atom. The highest BCUT2D eigenvalue weighted by molar-refractivity contribution is 6.10. The Labute approximate surface area is 168 Å². The number of ether oxygens (including phenoxy) is 1. The number of hydrogen-bond donors (Lipinski definition) is 1. The summed E-state index contributed by atoms with van der Waals surface area (Å²) in [5.41, 5.74) is 3.24. The van der Waals surface area contributed by atoms with Gasteiger partial charge in [0, 0.05) is 23.9 Å². The largest absolute Gasteiger partial charge is 0.475 e. The molecule has 0 saturated carbocycles. The summed E-state index contributed by atoms with van der Waals surface area (Å²) in [5, 5.41) is 14.7. The van der Waals surface area contributed by atoms with Crippen LogP contribution in [0.3, 0.4) is 0 Å². The van der Waals surface area contributed by atoms with Gasteiger partial charge in [-0.3, -0.25) is 15.1 Å². The van der Waals surface area contributed by atoms with E-state index in [0.717, 1.165) is 16.8 Å². The van der Waals surface area contributed by atoms with Crippen molar-refractivity contribution < 1.29 is 9.66 Å². The number of rotatable bonds is 5. The highest BCUT2D eigenvalue weighted by Crippen LogP contribution is 2.41. The Hall–Kier alpha value is -3.74. The van der Waals surface area contributed by atoms with Gasteiger partial charge in [0.1, 0.15) is 11.9 Å². The van der Waals surface area contributed by atoms with Gasteiger partial charge in [0.2, 0.25) is 5.88 Å². The van der Waals surface area contributed by atoms with Crippen LogP contribution in [0.2, 0.25) is 0 Å². The second-order valence-electron chi connectivity index (χ2n) is 6.97. The lowest BCUT2D eigenvalue weighted by Gasteiger charge is -2.27. The van der Waals surface area contributed by atoms with E-state index in [4.69, 9.17) is 9.73 Å². The van der Waals surface area contributed by atoms with E-state index >= 15 is 0 Å². The third kappa shape index (κ3) is 3.80. The van der Waals surface area contributed by atoms with E-state index < -0.39 is 11.0 Å². The van der Waals surface area contributed by atoms with E-state index in [1.807, 2.05) is 56.3 Å². The normalized spacial score (nSPS) is 15.3. The number of non-ortho nitro benzene ring substituents is 1. The van der Waals surface area contributed by atoms with Crippen molar-refractivity contribution in [2.45, 2.75) is 26.0 Å². The fourth-order valence-electron chi connectivity index (χ4n) is 3.29. The van der Waals surface area contributed by atoms with Crippen molar-refractivity contribution in [1.82, 2.24) is 4.98 Å². The minimum absolute atomic E-state index is 0.0225. The molecule has 0 amide bonds. The molecule has 0 fully saturated rings. The third-order valence-electron chi connectivity index (χ3n) is 4.53. The van der Waals surface area contributed by atoms with Crippen LogP contribution in [0.25, 0.3) is 0 Å². The molecule has 0 spiro atoms. The standard InChI is InChI=1S/C22H20N4O3/c1-14(2)29-22-19-18(11-12-23-22)24-21(15-7-4-3-5-8-15)25-20(19)16-9-6-10-17(13-16)26(27)28/h3-14,20H,1-2H3,(H,24,25). The Bertz CT molecular complexity index is 1080. The number of aliphatic imine (C=N–C) groups is 1.